The van der Waals surface area contributed by atoms with E-state index >= 15 is 0 Å². The van der Waals surface area contributed by atoms with Crippen molar-refractivity contribution in [1.82, 2.24) is 25.0 Å². The molecule has 0 aliphatic rings. The monoisotopic (exact) mass is 344 g/mol. The molecule has 0 aliphatic carbocycles. The van der Waals surface area contributed by atoms with Crippen molar-refractivity contribution in [2.45, 2.75) is 27.3 Å². The fourth-order valence-electron chi connectivity index (χ4n) is 3.07. The van der Waals surface area contributed by atoms with Gasteiger partial charge in [-0.3, -0.25) is 4.98 Å². The van der Waals surface area contributed by atoms with Crippen LogP contribution in [-0.2, 0) is 6.54 Å². The molecule has 1 N–H and O–H groups in total. The van der Waals surface area contributed by atoms with E-state index in [0.29, 0.717) is 12.4 Å². The first-order valence-electron chi connectivity index (χ1n) is 8.56. The molecule has 130 valence electrons. The number of hydrogen-bond acceptors (Lipinski definition) is 5. The predicted octanol–water partition coefficient (Wildman–Crippen LogP) is 3.75. The third-order valence-corrected chi connectivity index (χ3v) is 4.46. The highest BCUT2D eigenvalue weighted by atomic mass is 15.3. The summed E-state index contributed by atoms with van der Waals surface area (Å²) in [6.07, 6.45) is 3.60. The molecule has 0 atom stereocenters. The normalized spacial score (nSPS) is 11.0. The fourth-order valence-corrected chi connectivity index (χ4v) is 3.07. The Hall–Kier alpha value is -3.28. The summed E-state index contributed by atoms with van der Waals surface area (Å²) in [6.45, 7) is 6.73. The zero-order chi connectivity index (χ0) is 18.1. The van der Waals surface area contributed by atoms with Crippen molar-refractivity contribution in [2.75, 3.05) is 5.32 Å². The second-order valence-corrected chi connectivity index (χ2v) is 6.41. The number of aryl methyl sites for hydroxylation is 3. The van der Waals surface area contributed by atoms with E-state index in [4.69, 9.17) is 5.10 Å². The summed E-state index contributed by atoms with van der Waals surface area (Å²) in [4.78, 5) is 4.14. The average molecular weight is 344 g/mol. The van der Waals surface area contributed by atoms with Crippen LogP contribution >= 0.6 is 0 Å². The molecule has 1 aromatic carbocycles. The van der Waals surface area contributed by atoms with Gasteiger partial charge in [-0.1, -0.05) is 23.8 Å². The molecule has 0 spiro atoms. The minimum Gasteiger partial charge on any atom is -0.363 e. The van der Waals surface area contributed by atoms with Crippen molar-refractivity contribution in [3.63, 3.8) is 0 Å². The number of pyridine rings is 1. The van der Waals surface area contributed by atoms with Gasteiger partial charge < -0.3 is 5.32 Å². The van der Waals surface area contributed by atoms with Crippen LogP contribution in [0.3, 0.4) is 0 Å². The first-order chi connectivity index (χ1) is 12.6. The van der Waals surface area contributed by atoms with Gasteiger partial charge in [0.2, 0.25) is 0 Å². The Labute approximate surface area is 151 Å². The minimum atomic E-state index is 0.622. The number of fused-ring (bicyclic) bond motifs is 1. The van der Waals surface area contributed by atoms with Crippen molar-refractivity contribution in [2.24, 2.45) is 0 Å². The first kappa shape index (κ1) is 16.2. The summed E-state index contributed by atoms with van der Waals surface area (Å²) >= 11 is 0. The lowest BCUT2D eigenvalue weighted by atomic mass is 10.2. The number of anilines is 1. The molecule has 0 fully saturated rings. The standard InChI is InChI=1S/C20H20N6/c1-13-6-8-17(9-7-13)26-15(3)18-14(2)23-24-20(19(18)25-26)22-12-16-5-4-10-21-11-16/h4-11H,12H2,1-3H3,(H,22,24). The smallest absolute Gasteiger partial charge is 0.177 e. The molecule has 6 heteroatoms. The second kappa shape index (κ2) is 6.55. The van der Waals surface area contributed by atoms with Gasteiger partial charge in [-0.15, -0.1) is 5.10 Å². The number of aromatic nitrogens is 5. The Bertz CT molecular complexity index is 1050. The lowest BCUT2D eigenvalue weighted by molar-refractivity contribution is 0.859. The largest absolute Gasteiger partial charge is 0.363 e. The molecule has 26 heavy (non-hydrogen) atoms. The molecule has 4 rings (SSSR count). The minimum absolute atomic E-state index is 0.622. The van der Waals surface area contributed by atoms with E-state index in [1.165, 1.54) is 5.56 Å². The highest BCUT2D eigenvalue weighted by Crippen LogP contribution is 2.27. The molecule has 0 radical (unpaired) electrons. The van der Waals surface area contributed by atoms with E-state index in [1.807, 2.05) is 29.9 Å². The molecular formula is C20H20N6. The average Bonchev–Trinajstić information content (AvgIpc) is 3.01. The van der Waals surface area contributed by atoms with Crippen LogP contribution in [0.4, 0.5) is 5.82 Å². The van der Waals surface area contributed by atoms with E-state index in [1.54, 1.807) is 6.20 Å². The maximum atomic E-state index is 4.82. The SMILES string of the molecule is Cc1ccc(-n2nc3c(NCc4cccnc4)nnc(C)c3c2C)cc1. The van der Waals surface area contributed by atoms with Crippen molar-refractivity contribution < 1.29 is 0 Å². The van der Waals surface area contributed by atoms with Crippen LogP contribution in [0.5, 0.6) is 0 Å². The highest BCUT2D eigenvalue weighted by molar-refractivity contribution is 5.92. The van der Waals surface area contributed by atoms with Crippen LogP contribution in [0.15, 0.2) is 48.8 Å². The number of hydrogen-bond donors (Lipinski definition) is 1. The molecule has 0 saturated heterocycles. The van der Waals surface area contributed by atoms with Gasteiger partial charge in [0.25, 0.3) is 0 Å². The molecule has 6 nitrogen and oxygen atoms in total. The van der Waals surface area contributed by atoms with E-state index in [2.05, 4.69) is 58.6 Å². The summed E-state index contributed by atoms with van der Waals surface area (Å²) < 4.78 is 1.95. The summed E-state index contributed by atoms with van der Waals surface area (Å²) in [7, 11) is 0. The van der Waals surface area contributed by atoms with Gasteiger partial charge in [0, 0.05) is 18.9 Å². The van der Waals surface area contributed by atoms with Gasteiger partial charge >= 0.3 is 0 Å². The van der Waals surface area contributed by atoms with Crippen LogP contribution in [0.25, 0.3) is 16.6 Å². The second-order valence-electron chi connectivity index (χ2n) is 6.41. The third-order valence-electron chi connectivity index (χ3n) is 4.46. The van der Waals surface area contributed by atoms with Crippen LogP contribution in [-0.4, -0.2) is 25.0 Å². The number of benzene rings is 1. The summed E-state index contributed by atoms with van der Waals surface area (Å²) in [6, 6.07) is 12.3. The predicted molar refractivity (Wildman–Crippen MR) is 102 cm³/mol. The molecule has 0 bridgehead atoms. The molecule has 3 aromatic heterocycles. The van der Waals surface area contributed by atoms with Crippen LogP contribution < -0.4 is 5.32 Å². The topological polar surface area (TPSA) is 68.5 Å². The molecular weight excluding hydrogens is 324 g/mol. The zero-order valence-corrected chi connectivity index (χ0v) is 15.1. The van der Waals surface area contributed by atoms with E-state index in [-0.39, 0.29) is 0 Å². The van der Waals surface area contributed by atoms with Crippen molar-refractivity contribution >= 4 is 16.7 Å². The Morgan fingerprint density at radius 3 is 2.54 bits per heavy atom. The van der Waals surface area contributed by atoms with Gasteiger partial charge in [0.05, 0.1) is 22.5 Å². The molecule has 0 aliphatic heterocycles. The summed E-state index contributed by atoms with van der Waals surface area (Å²) in [5, 5.41) is 17.8. The van der Waals surface area contributed by atoms with E-state index in [0.717, 1.165) is 33.5 Å². The number of nitrogens with one attached hydrogen (secondary N) is 1. The van der Waals surface area contributed by atoms with Gasteiger partial charge in [-0.05, 0) is 44.5 Å². The quantitative estimate of drug-likeness (QED) is 0.611. The molecule has 0 amide bonds. The molecule has 3 heterocycles. The lowest BCUT2D eigenvalue weighted by Gasteiger charge is -2.06. The molecule has 0 saturated carbocycles. The fraction of sp³-hybridized carbons (Fsp3) is 0.200. The van der Waals surface area contributed by atoms with Crippen LogP contribution in [0, 0.1) is 20.8 Å². The highest BCUT2D eigenvalue weighted by Gasteiger charge is 2.16. The Morgan fingerprint density at radius 1 is 1.00 bits per heavy atom. The van der Waals surface area contributed by atoms with Crippen molar-refractivity contribution in [3.8, 4) is 5.69 Å². The van der Waals surface area contributed by atoms with Gasteiger partial charge in [0.1, 0.15) is 5.52 Å². The first-order valence-corrected chi connectivity index (χ1v) is 8.56. The Kier molecular flexibility index (Phi) is 4.08. The lowest BCUT2D eigenvalue weighted by Crippen LogP contribution is -2.04. The molecule has 0 unspecified atom stereocenters. The van der Waals surface area contributed by atoms with Crippen molar-refractivity contribution in [1.29, 1.82) is 0 Å². The van der Waals surface area contributed by atoms with E-state index in [9.17, 15) is 0 Å². The van der Waals surface area contributed by atoms with E-state index < -0.39 is 0 Å². The number of nitrogens with zero attached hydrogens (tertiary/aromatic N) is 5. The van der Waals surface area contributed by atoms with Gasteiger partial charge in [-0.2, -0.15) is 10.2 Å². The Morgan fingerprint density at radius 2 is 1.81 bits per heavy atom. The van der Waals surface area contributed by atoms with Crippen LogP contribution in [0.1, 0.15) is 22.5 Å². The van der Waals surface area contributed by atoms with Gasteiger partial charge in [-0.25, -0.2) is 4.68 Å². The Balaban J connectivity index is 1.76. The maximum Gasteiger partial charge on any atom is 0.177 e. The summed E-state index contributed by atoms with van der Waals surface area (Å²) in [5.41, 5.74) is 6.10. The third kappa shape index (κ3) is 2.90. The van der Waals surface area contributed by atoms with Gasteiger partial charge in [0.15, 0.2) is 5.82 Å². The maximum absolute atomic E-state index is 4.82. The zero-order valence-electron chi connectivity index (χ0n) is 15.1. The van der Waals surface area contributed by atoms with Crippen molar-refractivity contribution in [3.05, 3.63) is 71.3 Å². The number of rotatable bonds is 4. The molecule has 4 aromatic rings. The summed E-state index contributed by atoms with van der Waals surface area (Å²) in [5.74, 6) is 0.684. The van der Waals surface area contributed by atoms with Crippen LogP contribution in [0.2, 0.25) is 0 Å².